The summed E-state index contributed by atoms with van der Waals surface area (Å²) in [6.07, 6.45) is 3.17. The van der Waals surface area contributed by atoms with Crippen LogP contribution >= 0.6 is 23.2 Å². The fourth-order valence-corrected chi connectivity index (χ4v) is 5.73. The van der Waals surface area contributed by atoms with Gasteiger partial charge in [0.1, 0.15) is 16.5 Å². The smallest absolute Gasteiger partial charge is 0.475 e. The number of piperazine rings is 1. The van der Waals surface area contributed by atoms with Crippen LogP contribution in [0.4, 0.5) is 17.6 Å². The number of rotatable bonds is 4. The van der Waals surface area contributed by atoms with E-state index in [-0.39, 0.29) is 27.2 Å². The summed E-state index contributed by atoms with van der Waals surface area (Å²) in [5.41, 5.74) is 1.51. The normalized spacial score (nSPS) is 16.9. The Kier molecular flexibility index (Phi) is 9.66. The molecule has 41 heavy (non-hydrogen) atoms. The third kappa shape index (κ3) is 7.22. The number of halogens is 6. The van der Waals surface area contributed by atoms with Crippen molar-refractivity contribution in [1.82, 2.24) is 19.2 Å². The number of benzene rings is 1. The number of carbonyl (C=O) groups is 2. The van der Waals surface area contributed by atoms with Crippen LogP contribution in [-0.2, 0) is 11.2 Å². The van der Waals surface area contributed by atoms with Gasteiger partial charge >= 0.3 is 12.1 Å². The monoisotopic (exact) mass is 618 g/mol. The number of aromatic nitrogens is 2. The molecule has 8 nitrogen and oxygen atoms in total. The fraction of sp³-hybridized carbons (Fsp3) is 0.444. The minimum Gasteiger partial charge on any atom is -0.475 e. The number of hydrogen-bond acceptors (Lipinski definition) is 4. The Labute approximate surface area is 242 Å². The number of aliphatic carboxylic acids is 1. The largest absolute Gasteiger partial charge is 0.490 e. The van der Waals surface area contributed by atoms with Gasteiger partial charge in [0.2, 0.25) is 0 Å². The highest BCUT2D eigenvalue weighted by Gasteiger charge is 2.38. The van der Waals surface area contributed by atoms with Gasteiger partial charge in [-0.2, -0.15) is 13.2 Å². The second-order valence-electron chi connectivity index (χ2n) is 10.0. The molecule has 1 amide bonds. The van der Waals surface area contributed by atoms with E-state index in [9.17, 15) is 27.2 Å². The van der Waals surface area contributed by atoms with Crippen molar-refractivity contribution >= 4 is 40.6 Å². The average molecular weight is 619 g/mol. The Bertz CT molecular complexity index is 1480. The van der Waals surface area contributed by atoms with Gasteiger partial charge < -0.3 is 15.0 Å². The van der Waals surface area contributed by atoms with Crippen molar-refractivity contribution in [3.8, 4) is 0 Å². The zero-order chi connectivity index (χ0) is 29.9. The number of H-pyrrole nitrogens is 1. The van der Waals surface area contributed by atoms with E-state index in [4.69, 9.17) is 33.1 Å². The van der Waals surface area contributed by atoms with Crippen LogP contribution in [0.15, 0.2) is 35.3 Å². The maximum Gasteiger partial charge on any atom is 0.490 e. The van der Waals surface area contributed by atoms with E-state index in [0.29, 0.717) is 36.8 Å². The van der Waals surface area contributed by atoms with Crippen LogP contribution in [0.3, 0.4) is 0 Å². The molecule has 1 saturated heterocycles. The quantitative estimate of drug-likeness (QED) is 0.382. The number of aromatic amines is 1. The highest BCUT2D eigenvalue weighted by molar-refractivity contribution is 6.42. The van der Waals surface area contributed by atoms with Crippen molar-refractivity contribution in [2.75, 3.05) is 26.2 Å². The van der Waals surface area contributed by atoms with Crippen LogP contribution in [0.2, 0.25) is 10.2 Å². The molecule has 2 N–H and O–H groups in total. The molecule has 0 radical (unpaired) electrons. The van der Waals surface area contributed by atoms with E-state index >= 15 is 0 Å². The summed E-state index contributed by atoms with van der Waals surface area (Å²) in [5, 5.41) is 7.65. The third-order valence-electron chi connectivity index (χ3n) is 7.37. The van der Waals surface area contributed by atoms with Crippen LogP contribution in [-0.4, -0.2) is 74.6 Å². The van der Waals surface area contributed by atoms with Crippen molar-refractivity contribution in [2.24, 2.45) is 0 Å². The molecule has 222 valence electrons. The molecule has 0 unspecified atom stereocenters. The maximum atomic E-state index is 14.7. The molecule has 1 aromatic carbocycles. The number of nitrogens with zero attached hydrogens (tertiary/aromatic N) is 3. The van der Waals surface area contributed by atoms with Gasteiger partial charge in [-0.25, -0.2) is 9.18 Å². The molecule has 1 aliphatic heterocycles. The van der Waals surface area contributed by atoms with Gasteiger partial charge in [-0.3, -0.25) is 18.9 Å². The SMILES string of the molecule is O=C(O)C(F)(F)F.O=C(c1cc(Cc2c[nH]c(=O)c3cc(Cl)c(Cl)n23)ccc1F)N1CCN(C2CCCCC2)CC1. The number of amides is 1. The molecule has 14 heteroatoms. The number of carboxylic acid groups (broad SMARTS) is 1. The first-order chi connectivity index (χ1) is 19.4. The van der Waals surface area contributed by atoms with Crippen LogP contribution < -0.4 is 5.56 Å². The topological polar surface area (TPSA) is 98.1 Å². The summed E-state index contributed by atoms with van der Waals surface area (Å²) in [4.78, 5) is 41.2. The first kappa shape index (κ1) is 30.9. The predicted molar refractivity (Wildman–Crippen MR) is 145 cm³/mol. The van der Waals surface area contributed by atoms with Gasteiger partial charge in [0, 0.05) is 50.5 Å². The Morgan fingerprint density at radius 3 is 2.27 bits per heavy atom. The van der Waals surface area contributed by atoms with E-state index in [1.54, 1.807) is 27.6 Å². The first-order valence-corrected chi connectivity index (χ1v) is 13.8. The van der Waals surface area contributed by atoms with Crippen LogP contribution in [0.1, 0.15) is 53.7 Å². The number of carboxylic acids is 1. The summed E-state index contributed by atoms with van der Waals surface area (Å²) in [7, 11) is 0. The highest BCUT2D eigenvalue weighted by atomic mass is 35.5. The minimum atomic E-state index is -5.08. The summed E-state index contributed by atoms with van der Waals surface area (Å²) >= 11 is 12.4. The summed E-state index contributed by atoms with van der Waals surface area (Å²) in [6.45, 7) is 2.88. The molecule has 0 atom stereocenters. The van der Waals surface area contributed by atoms with Gasteiger partial charge in [-0.05, 0) is 36.6 Å². The van der Waals surface area contributed by atoms with Gasteiger partial charge in [0.25, 0.3) is 11.5 Å². The van der Waals surface area contributed by atoms with Crippen molar-refractivity contribution in [2.45, 2.75) is 50.7 Å². The molecule has 3 heterocycles. The van der Waals surface area contributed by atoms with Crippen molar-refractivity contribution < 1.29 is 32.3 Å². The predicted octanol–water partition coefficient (Wildman–Crippen LogP) is 5.39. The molecule has 1 saturated carbocycles. The lowest BCUT2D eigenvalue weighted by Crippen LogP contribution is -2.52. The van der Waals surface area contributed by atoms with Crippen LogP contribution in [0, 0.1) is 5.82 Å². The molecule has 0 bridgehead atoms. The van der Waals surface area contributed by atoms with Crippen LogP contribution in [0.5, 0.6) is 0 Å². The number of alkyl halides is 3. The average Bonchev–Trinajstić information content (AvgIpc) is 3.26. The Morgan fingerprint density at radius 2 is 1.66 bits per heavy atom. The molecule has 5 rings (SSSR count). The van der Waals surface area contributed by atoms with E-state index in [0.717, 1.165) is 18.7 Å². The highest BCUT2D eigenvalue weighted by Crippen LogP contribution is 2.28. The number of nitrogens with one attached hydrogen (secondary N) is 1. The molecule has 3 aromatic rings. The second kappa shape index (κ2) is 12.8. The lowest BCUT2D eigenvalue weighted by Gasteiger charge is -2.40. The molecule has 2 aromatic heterocycles. The van der Waals surface area contributed by atoms with Crippen LogP contribution in [0.25, 0.3) is 5.52 Å². The third-order valence-corrected chi connectivity index (χ3v) is 8.13. The van der Waals surface area contributed by atoms with Gasteiger partial charge in [-0.15, -0.1) is 0 Å². The zero-order valence-electron chi connectivity index (χ0n) is 21.8. The molecule has 1 aliphatic carbocycles. The van der Waals surface area contributed by atoms with E-state index in [2.05, 4.69) is 9.88 Å². The fourth-order valence-electron chi connectivity index (χ4n) is 5.28. The van der Waals surface area contributed by atoms with Gasteiger partial charge in [-0.1, -0.05) is 48.5 Å². The van der Waals surface area contributed by atoms with Gasteiger partial charge in [0.15, 0.2) is 0 Å². The van der Waals surface area contributed by atoms with E-state index in [1.165, 1.54) is 44.2 Å². The first-order valence-electron chi connectivity index (χ1n) is 13.1. The van der Waals surface area contributed by atoms with Gasteiger partial charge in [0.05, 0.1) is 10.6 Å². The lowest BCUT2D eigenvalue weighted by molar-refractivity contribution is -0.192. The van der Waals surface area contributed by atoms with Crippen molar-refractivity contribution in [3.05, 3.63) is 73.6 Å². The number of carbonyl (C=O) groups excluding carboxylic acids is 1. The van der Waals surface area contributed by atoms with Crippen molar-refractivity contribution in [3.63, 3.8) is 0 Å². The lowest BCUT2D eigenvalue weighted by atomic mass is 9.94. The molecule has 0 spiro atoms. The maximum absolute atomic E-state index is 14.7. The summed E-state index contributed by atoms with van der Waals surface area (Å²) in [5.74, 6) is -3.57. The van der Waals surface area contributed by atoms with E-state index < -0.39 is 18.0 Å². The number of hydrogen-bond donors (Lipinski definition) is 2. The Morgan fingerprint density at radius 1 is 1.02 bits per heavy atom. The zero-order valence-corrected chi connectivity index (χ0v) is 23.3. The standard InChI is InChI=1S/C25H27Cl2FN4O2.C2HF3O2/c26-20-14-22-24(33)29-15-18(32(22)23(20)27)12-16-6-7-21(28)19(13-16)25(34)31-10-8-30(9-11-31)17-4-2-1-3-5-17;3-2(4,5)1(6)7/h6-7,13-15,17H,1-5,8-12H2,(H,29,33);(H,6,7). The molecule has 2 aliphatic rings. The summed E-state index contributed by atoms with van der Waals surface area (Å²) < 4.78 is 48.0. The molecular weight excluding hydrogens is 591 g/mol. The minimum absolute atomic E-state index is 0.0703. The molecule has 2 fully saturated rings. The Hall–Kier alpha value is -3.09. The molecular formula is C27H28Cl2F4N4O4. The van der Waals surface area contributed by atoms with Crippen molar-refractivity contribution in [1.29, 1.82) is 0 Å². The second-order valence-corrected chi connectivity index (χ2v) is 10.8. The van der Waals surface area contributed by atoms with E-state index in [1.807, 2.05) is 0 Å². The number of fused-ring (bicyclic) bond motifs is 1. The Balaban J connectivity index is 0.000000493. The summed E-state index contributed by atoms with van der Waals surface area (Å²) in [6, 6.07) is 6.70.